The van der Waals surface area contributed by atoms with Crippen molar-refractivity contribution in [2.24, 2.45) is 5.92 Å². The molecule has 7 nitrogen and oxygen atoms in total. The quantitative estimate of drug-likeness (QED) is 0.369. The summed E-state index contributed by atoms with van der Waals surface area (Å²) >= 11 is 5.10. The lowest BCUT2D eigenvalue weighted by Gasteiger charge is -2.13. The first-order chi connectivity index (χ1) is 12.3. The van der Waals surface area contributed by atoms with Gasteiger partial charge in [-0.3, -0.25) is 15.6 Å². The van der Waals surface area contributed by atoms with Gasteiger partial charge in [0.2, 0.25) is 0 Å². The highest BCUT2D eigenvalue weighted by Crippen LogP contribution is 2.04. The zero-order valence-electron chi connectivity index (χ0n) is 15.8. The second-order valence-corrected chi connectivity index (χ2v) is 7.10. The van der Waals surface area contributed by atoms with Crippen molar-refractivity contribution in [3.8, 4) is 0 Å². The summed E-state index contributed by atoms with van der Waals surface area (Å²) in [6.45, 7) is 9.21. The molecule has 144 valence electrons. The fourth-order valence-electron chi connectivity index (χ4n) is 1.97. The van der Waals surface area contributed by atoms with E-state index in [-0.39, 0.29) is 18.0 Å². The van der Waals surface area contributed by atoms with Gasteiger partial charge in [0.25, 0.3) is 5.91 Å². The van der Waals surface area contributed by atoms with Gasteiger partial charge in [-0.2, -0.15) is 0 Å². The molecule has 26 heavy (non-hydrogen) atoms. The van der Waals surface area contributed by atoms with Crippen molar-refractivity contribution >= 4 is 29.3 Å². The van der Waals surface area contributed by atoms with Gasteiger partial charge in [-0.15, -0.1) is 0 Å². The Hall–Kier alpha value is -2.35. The molecule has 1 rings (SSSR count). The SMILES string of the molecule is CC(C)CCNC(=S)NNC(=O)c1ccc(CNC(=O)NC(C)C)cc1. The first-order valence-corrected chi connectivity index (χ1v) is 9.16. The van der Waals surface area contributed by atoms with Gasteiger partial charge in [-0.05, 0) is 56.1 Å². The van der Waals surface area contributed by atoms with Crippen molar-refractivity contribution in [1.82, 2.24) is 26.8 Å². The summed E-state index contributed by atoms with van der Waals surface area (Å²) < 4.78 is 0. The molecule has 0 aromatic heterocycles. The van der Waals surface area contributed by atoms with Crippen LogP contribution < -0.4 is 26.8 Å². The molecule has 0 aliphatic heterocycles. The number of thiocarbonyl (C=S) groups is 1. The molecule has 0 atom stereocenters. The van der Waals surface area contributed by atoms with Crippen molar-refractivity contribution < 1.29 is 9.59 Å². The Bertz CT molecular complexity index is 602. The Morgan fingerprint density at radius 3 is 2.23 bits per heavy atom. The van der Waals surface area contributed by atoms with Crippen LogP contribution in [0.3, 0.4) is 0 Å². The molecule has 1 aromatic carbocycles. The normalized spacial score (nSPS) is 10.4. The van der Waals surface area contributed by atoms with E-state index in [2.05, 4.69) is 40.6 Å². The number of benzene rings is 1. The lowest BCUT2D eigenvalue weighted by atomic mass is 10.1. The van der Waals surface area contributed by atoms with Crippen LogP contribution in [0.1, 0.15) is 50.0 Å². The predicted molar refractivity (Wildman–Crippen MR) is 108 cm³/mol. The fourth-order valence-corrected chi connectivity index (χ4v) is 2.13. The molecule has 0 heterocycles. The molecule has 0 unspecified atom stereocenters. The second kappa shape index (κ2) is 11.3. The van der Waals surface area contributed by atoms with Crippen LogP contribution in [-0.4, -0.2) is 29.6 Å². The van der Waals surface area contributed by atoms with Crippen LogP contribution in [0.25, 0.3) is 0 Å². The van der Waals surface area contributed by atoms with Crippen LogP contribution in [0.4, 0.5) is 4.79 Å². The van der Waals surface area contributed by atoms with E-state index in [1.165, 1.54) is 0 Å². The topological polar surface area (TPSA) is 94.3 Å². The van der Waals surface area contributed by atoms with Gasteiger partial charge in [0.05, 0.1) is 0 Å². The molecular weight excluding hydrogens is 350 g/mol. The molecule has 0 radical (unpaired) electrons. The van der Waals surface area contributed by atoms with E-state index in [0.29, 0.717) is 23.1 Å². The standard InChI is InChI=1S/C18H29N5O2S/c1-12(2)9-10-19-18(26)23-22-16(24)15-7-5-14(6-8-15)11-20-17(25)21-13(3)4/h5-8,12-13H,9-11H2,1-4H3,(H,22,24)(H2,19,23,26)(H2,20,21,25). The first kappa shape index (κ1) is 21.7. The minimum atomic E-state index is -0.282. The molecular formula is C18H29N5O2S. The number of hydrogen-bond acceptors (Lipinski definition) is 3. The summed E-state index contributed by atoms with van der Waals surface area (Å²) in [5.74, 6) is 0.305. The zero-order valence-corrected chi connectivity index (χ0v) is 16.6. The molecule has 0 aliphatic carbocycles. The van der Waals surface area contributed by atoms with Crippen LogP contribution in [0.15, 0.2) is 24.3 Å². The maximum Gasteiger partial charge on any atom is 0.315 e. The van der Waals surface area contributed by atoms with Crippen molar-refractivity contribution in [1.29, 1.82) is 0 Å². The van der Waals surface area contributed by atoms with Gasteiger partial charge in [-0.1, -0.05) is 26.0 Å². The summed E-state index contributed by atoms with van der Waals surface area (Å²) in [6, 6.07) is 6.85. The van der Waals surface area contributed by atoms with E-state index in [9.17, 15) is 9.59 Å². The largest absolute Gasteiger partial charge is 0.361 e. The third-order valence-corrected chi connectivity index (χ3v) is 3.63. The van der Waals surface area contributed by atoms with Crippen molar-refractivity contribution in [2.45, 2.75) is 46.7 Å². The van der Waals surface area contributed by atoms with E-state index in [1.54, 1.807) is 24.3 Å². The fraction of sp³-hybridized carbons (Fsp3) is 0.500. The number of rotatable bonds is 7. The molecule has 1 aromatic rings. The molecule has 0 fully saturated rings. The molecule has 0 bridgehead atoms. The Kier molecular flexibility index (Phi) is 9.43. The molecule has 0 saturated heterocycles. The van der Waals surface area contributed by atoms with Crippen LogP contribution in [0.2, 0.25) is 0 Å². The minimum Gasteiger partial charge on any atom is -0.361 e. The van der Waals surface area contributed by atoms with Crippen molar-refractivity contribution in [3.63, 3.8) is 0 Å². The summed E-state index contributed by atoms with van der Waals surface area (Å²) in [5.41, 5.74) is 6.64. The summed E-state index contributed by atoms with van der Waals surface area (Å²) in [6.07, 6.45) is 1.00. The van der Waals surface area contributed by atoms with E-state index in [1.807, 2.05) is 13.8 Å². The van der Waals surface area contributed by atoms with Crippen LogP contribution in [0.5, 0.6) is 0 Å². The monoisotopic (exact) mass is 379 g/mol. The average molecular weight is 380 g/mol. The number of amides is 3. The highest BCUT2D eigenvalue weighted by molar-refractivity contribution is 7.80. The van der Waals surface area contributed by atoms with Crippen LogP contribution in [-0.2, 0) is 6.54 Å². The van der Waals surface area contributed by atoms with E-state index >= 15 is 0 Å². The summed E-state index contributed by atoms with van der Waals surface area (Å²) in [7, 11) is 0. The summed E-state index contributed by atoms with van der Waals surface area (Å²) in [4.78, 5) is 23.6. The van der Waals surface area contributed by atoms with E-state index in [0.717, 1.165) is 18.5 Å². The Balaban J connectivity index is 2.37. The molecule has 5 N–H and O–H groups in total. The van der Waals surface area contributed by atoms with Crippen LogP contribution in [0, 0.1) is 5.92 Å². The van der Waals surface area contributed by atoms with Crippen molar-refractivity contribution in [2.75, 3.05) is 6.54 Å². The second-order valence-electron chi connectivity index (χ2n) is 6.70. The van der Waals surface area contributed by atoms with Crippen molar-refractivity contribution in [3.05, 3.63) is 35.4 Å². The number of hydrogen-bond donors (Lipinski definition) is 5. The Morgan fingerprint density at radius 1 is 1.00 bits per heavy atom. The predicted octanol–water partition coefficient (Wildman–Crippen LogP) is 2.05. The number of nitrogens with one attached hydrogen (secondary N) is 5. The highest BCUT2D eigenvalue weighted by Gasteiger charge is 2.07. The number of hydrazine groups is 1. The molecule has 8 heteroatoms. The smallest absolute Gasteiger partial charge is 0.315 e. The van der Waals surface area contributed by atoms with Gasteiger partial charge >= 0.3 is 6.03 Å². The summed E-state index contributed by atoms with van der Waals surface area (Å²) in [5, 5.41) is 8.92. The maximum atomic E-state index is 12.1. The van der Waals surface area contributed by atoms with E-state index < -0.39 is 0 Å². The van der Waals surface area contributed by atoms with Gasteiger partial charge < -0.3 is 16.0 Å². The van der Waals surface area contributed by atoms with E-state index in [4.69, 9.17) is 12.2 Å². The highest BCUT2D eigenvalue weighted by atomic mass is 32.1. The van der Waals surface area contributed by atoms with Crippen LogP contribution >= 0.6 is 12.2 Å². The average Bonchev–Trinajstić information content (AvgIpc) is 2.57. The van der Waals surface area contributed by atoms with Gasteiger partial charge in [0, 0.05) is 24.7 Å². The third-order valence-electron chi connectivity index (χ3n) is 3.39. The number of carbonyl (C=O) groups excluding carboxylic acids is 2. The van der Waals surface area contributed by atoms with Gasteiger partial charge in [-0.25, -0.2) is 4.79 Å². The van der Waals surface area contributed by atoms with Gasteiger partial charge in [0.15, 0.2) is 5.11 Å². The third kappa shape index (κ3) is 9.22. The molecule has 0 saturated carbocycles. The number of carbonyl (C=O) groups is 2. The Morgan fingerprint density at radius 2 is 1.65 bits per heavy atom. The number of urea groups is 1. The lowest BCUT2D eigenvalue weighted by Crippen LogP contribution is -2.47. The molecule has 3 amide bonds. The molecule has 0 aliphatic rings. The maximum absolute atomic E-state index is 12.1. The Labute approximate surface area is 160 Å². The molecule has 0 spiro atoms. The minimum absolute atomic E-state index is 0.0829. The zero-order chi connectivity index (χ0) is 19.5. The first-order valence-electron chi connectivity index (χ1n) is 8.75. The van der Waals surface area contributed by atoms with Gasteiger partial charge in [0.1, 0.15) is 0 Å². The lowest BCUT2D eigenvalue weighted by molar-refractivity contribution is 0.0943.